The van der Waals surface area contributed by atoms with Gasteiger partial charge in [-0.25, -0.2) is 4.39 Å². The predicted molar refractivity (Wildman–Crippen MR) is 69.1 cm³/mol. The van der Waals surface area contributed by atoms with Gasteiger partial charge in [-0.05, 0) is 19.1 Å². The molecule has 0 unspecified atom stereocenters. The summed E-state index contributed by atoms with van der Waals surface area (Å²) in [6.07, 6.45) is 0.259. The molecule has 6 heteroatoms. The molecule has 3 N–H and O–H groups in total. The molecule has 1 aromatic carbocycles. The standard InChI is InChI=1S/C13H16FN3O2/c1-8-10(14)6-9(7-11(8)15)13(19)17-4-2-12(18)16-3-5-17/h6-7H,2-5,15H2,1H3,(H,16,18). The van der Waals surface area contributed by atoms with Crippen molar-refractivity contribution in [1.82, 2.24) is 10.2 Å². The highest BCUT2D eigenvalue weighted by Gasteiger charge is 2.21. The molecular weight excluding hydrogens is 249 g/mol. The molecule has 1 aliphatic heterocycles. The third kappa shape index (κ3) is 2.83. The number of anilines is 1. The van der Waals surface area contributed by atoms with Crippen LogP contribution in [0.25, 0.3) is 0 Å². The van der Waals surface area contributed by atoms with Gasteiger partial charge < -0.3 is 16.0 Å². The highest BCUT2D eigenvalue weighted by molar-refractivity contribution is 5.95. The number of halogens is 1. The van der Waals surface area contributed by atoms with Crippen molar-refractivity contribution in [3.05, 3.63) is 29.1 Å². The lowest BCUT2D eigenvalue weighted by atomic mass is 10.1. The Balaban J connectivity index is 2.21. The average molecular weight is 265 g/mol. The molecule has 1 aliphatic rings. The van der Waals surface area contributed by atoms with Gasteiger partial charge >= 0.3 is 0 Å². The molecule has 19 heavy (non-hydrogen) atoms. The minimum Gasteiger partial charge on any atom is -0.398 e. The van der Waals surface area contributed by atoms with Gasteiger partial charge in [-0.1, -0.05) is 0 Å². The Labute approximate surface area is 110 Å². The Morgan fingerprint density at radius 2 is 2.16 bits per heavy atom. The van der Waals surface area contributed by atoms with Gasteiger partial charge in [0.25, 0.3) is 5.91 Å². The smallest absolute Gasteiger partial charge is 0.254 e. The average Bonchev–Trinajstić information content (AvgIpc) is 2.59. The fraction of sp³-hybridized carbons (Fsp3) is 0.385. The van der Waals surface area contributed by atoms with E-state index in [-0.39, 0.29) is 29.5 Å². The van der Waals surface area contributed by atoms with Crippen molar-refractivity contribution in [1.29, 1.82) is 0 Å². The molecule has 0 spiro atoms. The maximum absolute atomic E-state index is 13.6. The highest BCUT2D eigenvalue weighted by atomic mass is 19.1. The molecule has 0 aromatic heterocycles. The molecule has 0 radical (unpaired) electrons. The first kappa shape index (κ1) is 13.3. The molecule has 2 amide bonds. The van der Waals surface area contributed by atoms with E-state index in [1.807, 2.05) is 0 Å². The van der Waals surface area contributed by atoms with Crippen molar-refractivity contribution in [2.45, 2.75) is 13.3 Å². The Morgan fingerprint density at radius 3 is 2.84 bits per heavy atom. The van der Waals surface area contributed by atoms with Crippen molar-refractivity contribution < 1.29 is 14.0 Å². The molecule has 1 aromatic rings. The molecule has 1 saturated heterocycles. The van der Waals surface area contributed by atoms with Gasteiger partial charge in [-0.3, -0.25) is 9.59 Å². The SMILES string of the molecule is Cc1c(N)cc(C(=O)N2CCNC(=O)CC2)cc1F. The van der Waals surface area contributed by atoms with Gasteiger partial charge in [-0.15, -0.1) is 0 Å². The molecule has 1 fully saturated rings. The van der Waals surface area contributed by atoms with Crippen LogP contribution >= 0.6 is 0 Å². The van der Waals surface area contributed by atoms with Gasteiger partial charge in [0.05, 0.1) is 0 Å². The first-order valence-corrected chi connectivity index (χ1v) is 6.10. The van der Waals surface area contributed by atoms with E-state index in [2.05, 4.69) is 5.32 Å². The quantitative estimate of drug-likeness (QED) is 0.733. The zero-order valence-corrected chi connectivity index (χ0v) is 10.7. The summed E-state index contributed by atoms with van der Waals surface area (Å²) in [5, 5.41) is 2.68. The number of amides is 2. The van der Waals surface area contributed by atoms with Crippen molar-refractivity contribution in [2.24, 2.45) is 0 Å². The molecule has 1 heterocycles. The van der Waals surface area contributed by atoms with Crippen molar-refractivity contribution >= 4 is 17.5 Å². The Bertz CT molecular complexity index is 508. The molecule has 5 nitrogen and oxygen atoms in total. The lowest BCUT2D eigenvalue weighted by molar-refractivity contribution is -0.120. The number of hydrogen-bond donors (Lipinski definition) is 2. The largest absolute Gasteiger partial charge is 0.398 e. The Hall–Kier alpha value is -2.11. The van der Waals surface area contributed by atoms with Crippen LogP contribution in [0.1, 0.15) is 22.3 Å². The minimum atomic E-state index is -0.493. The number of carbonyl (C=O) groups excluding carboxylic acids is 2. The molecule has 102 valence electrons. The van der Waals surface area contributed by atoms with E-state index < -0.39 is 5.82 Å². The zero-order valence-electron chi connectivity index (χ0n) is 10.7. The van der Waals surface area contributed by atoms with E-state index in [1.165, 1.54) is 17.0 Å². The summed E-state index contributed by atoms with van der Waals surface area (Å²) < 4.78 is 13.6. The van der Waals surface area contributed by atoms with Gasteiger partial charge in [0.1, 0.15) is 5.82 Å². The third-order valence-electron chi connectivity index (χ3n) is 3.23. The number of nitrogens with one attached hydrogen (secondary N) is 1. The number of nitrogen functional groups attached to an aromatic ring is 1. The number of nitrogens with zero attached hydrogens (tertiary/aromatic N) is 1. The van der Waals surface area contributed by atoms with Crippen LogP contribution in [0, 0.1) is 12.7 Å². The van der Waals surface area contributed by atoms with E-state index in [0.29, 0.717) is 25.2 Å². The van der Waals surface area contributed by atoms with Crippen LogP contribution in [0.5, 0.6) is 0 Å². The van der Waals surface area contributed by atoms with Crippen LogP contribution < -0.4 is 11.1 Å². The van der Waals surface area contributed by atoms with Crippen LogP contribution in [-0.4, -0.2) is 36.3 Å². The lowest BCUT2D eigenvalue weighted by Gasteiger charge is -2.20. The molecular formula is C13H16FN3O2. The summed E-state index contributed by atoms with van der Waals surface area (Å²) >= 11 is 0. The summed E-state index contributed by atoms with van der Waals surface area (Å²) in [6, 6.07) is 2.66. The van der Waals surface area contributed by atoms with Crippen LogP contribution in [0.15, 0.2) is 12.1 Å². The summed E-state index contributed by atoms with van der Waals surface area (Å²) in [4.78, 5) is 25.0. The minimum absolute atomic E-state index is 0.0788. The number of rotatable bonds is 1. The monoisotopic (exact) mass is 265 g/mol. The topological polar surface area (TPSA) is 75.4 Å². The number of benzene rings is 1. The molecule has 0 atom stereocenters. The summed E-state index contributed by atoms with van der Waals surface area (Å²) in [5.41, 5.74) is 6.48. The summed E-state index contributed by atoms with van der Waals surface area (Å²) in [7, 11) is 0. The molecule has 0 aliphatic carbocycles. The second-order valence-electron chi connectivity index (χ2n) is 4.56. The lowest BCUT2D eigenvalue weighted by Crippen LogP contribution is -2.34. The fourth-order valence-electron chi connectivity index (χ4n) is 1.98. The summed E-state index contributed by atoms with van der Waals surface area (Å²) in [6.45, 7) is 2.72. The number of carbonyl (C=O) groups is 2. The maximum atomic E-state index is 13.6. The first-order chi connectivity index (χ1) is 8.99. The van der Waals surface area contributed by atoms with E-state index in [1.54, 1.807) is 6.92 Å². The number of nitrogens with two attached hydrogens (primary N) is 1. The van der Waals surface area contributed by atoms with E-state index in [4.69, 9.17) is 5.73 Å². The van der Waals surface area contributed by atoms with Gasteiger partial charge in [-0.2, -0.15) is 0 Å². The van der Waals surface area contributed by atoms with Gasteiger partial charge in [0.15, 0.2) is 0 Å². The van der Waals surface area contributed by atoms with Gasteiger partial charge in [0, 0.05) is 42.9 Å². The first-order valence-electron chi connectivity index (χ1n) is 6.10. The van der Waals surface area contributed by atoms with Crippen LogP contribution in [-0.2, 0) is 4.79 Å². The molecule has 0 saturated carbocycles. The molecule has 2 rings (SSSR count). The number of hydrogen-bond acceptors (Lipinski definition) is 3. The zero-order chi connectivity index (χ0) is 14.0. The van der Waals surface area contributed by atoms with E-state index in [9.17, 15) is 14.0 Å². The second-order valence-corrected chi connectivity index (χ2v) is 4.56. The normalized spacial score (nSPS) is 15.9. The second kappa shape index (κ2) is 5.26. The van der Waals surface area contributed by atoms with Crippen molar-refractivity contribution in [2.75, 3.05) is 25.4 Å². The summed E-state index contributed by atoms with van der Waals surface area (Å²) in [5.74, 6) is -0.876. The van der Waals surface area contributed by atoms with Crippen LogP contribution in [0.4, 0.5) is 10.1 Å². The third-order valence-corrected chi connectivity index (χ3v) is 3.23. The van der Waals surface area contributed by atoms with Crippen molar-refractivity contribution in [3.8, 4) is 0 Å². The van der Waals surface area contributed by atoms with E-state index in [0.717, 1.165) is 0 Å². The highest BCUT2D eigenvalue weighted by Crippen LogP contribution is 2.19. The van der Waals surface area contributed by atoms with E-state index >= 15 is 0 Å². The maximum Gasteiger partial charge on any atom is 0.254 e. The van der Waals surface area contributed by atoms with Crippen molar-refractivity contribution in [3.63, 3.8) is 0 Å². The van der Waals surface area contributed by atoms with Crippen LogP contribution in [0.2, 0.25) is 0 Å². The fourth-order valence-corrected chi connectivity index (χ4v) is 1.98. The Morgan fingerprint density at radius 1 is 1.42 bits per heavy atom. The Kier molecular flexibility index (Phi) is 3.69. The molecule has 0 bridgehead atoms. The van der Waals surface area contributed by atoms with Crippen LogP contribution in [0.3, 0.4) is 0 Å². The predicted octanol–water partition coefficient (Wildman–Crippen LogP) is 0.678. The van der Waals surface area contributed by atoms with Gasteiger partial charge in [0.2, 0.25) is 5.91 Å².